The quantitative estimate of drug-likeness (QED) is 0.890. The Morgan fingerprint density at radius 1 is 1.45 bits per heavy atom. The molecule has 0 saturated carbocycles. The van der Waals surface area contributed by atoms with Crippen molar-refractivity contribution in [2.24, 2.45) is 11.5 Å². The summed E-state index contributed by atoms with van der Waals surface area (Å²) >= 11 is 0. The lowest BCUT2D eigenvalue weighted by Gasteiger charge is -2.32. The third kappa shape index (κ3) is 2.57. The molecule has 1 aromatic heterocycles. The minimum absolute atomic E-state index is 0.164. The minimum atomic E-state index is -0.503. The van der Waals surface area contributed by atoms with Gasteiger partial charge in [0.1, 0.15) is 11.6 Å². The average molecular weight is 300 g/mol. The number of fused-ring (bicyclic) bond motifs is 1. The van der Waals surface area contributed by atoms with Crippen LogP contribution in [0.2, 0.25) is 0 Å². The number of hydrogen-bond donors (Lipinski definition) is 2. The number of nitrogens with zero attached hydrogens (tertiary/aromatic N) is 2. The number of primary amides is 1. The van der Waals surface area contributed by atoms with Gasteiger partial charge in [-0.3, -0.25) is 4.79 Å². The van der Waals surface area contributed by atoms with Gasteiger partial charge in [0.2, 0.25) is 0 Å². The van der Waals surface area contributed by atoms with E-state index in [-0.39, 0.29) is 6.04 Å². The molecule has 116 valence electrons. The third-order valence-electron chi connectivity index (χ3n) is 4.09. The normalized spacial score (nSPS) is 18.5. The van der Waals surface area contributed by atoms with E-state index in [1.165, 1.54) is 7.11 Å². The molecule has 1 aliphatic heterocycles. The minimum Gasteiger partial charge on any atom is -0.496 e. The van der Waals surface area contributed by atoms with Gasteiger partial charge in [-0.2, -0.15) is 0 Å². The summed E-state index contributed by atoms with van der Waals surface area (Å²) in [6.07, 6.45) is 3.83. The maximum atomic E-state index is 11.6. The van der Waals surface area contributed by atoms with Gasteiger partial charge in [0.15, 0.2) is 0 Å². The number of carbonyl (C=O) groups excluding carboxylic acids is 1. The smallest absolute Gasteiger partial charge is 0.252 e. The van der Waals surface area contributed by atoms with Crippen LogP contribution in [0, 0.1) is 0 Å². The first-order chi connectivity index (χ1) is 10.6. The molecule has 1 aliphatic rings. The summed E-state index contributed by atoms with van der Waals surface area (Å²) < 4.78 is 5.31. The fourth-order valence-electron chi connectivity index (χ4n) is 3.00. The van der Waals surface area contributed by atoms with Crippen LogP contribution in [0.15, 0.2) is 24.4 Å². The van der Waals surface area contributed by atoms with E-state index < -0.39 is 5.91 Å². The summed E-state index contributed by atoms with van der Waals surface area (Å²) in [7, 11) is 1.53. The van der Waals surface area contributed by atoms with Crippen molar-refractivity contribution in [1.29, 1.82) is 0 Å². The van der Waals surface area contributed by atoms with Crippen LogP contribution in [-0.4, -0.2) is 37.1 Å². The second-order valence-electron chi connectivity index (χ2n) is 5.62. The molecule has 1 aromatic carbocycles. The van der Waals surface area contributed by atoms with E-state index in [1.54, 1.807) is 12.3 Å². The molecule has 6 heteroatoms. The van der Waals surface area contributed by atoms with E-state index in [0.29, 0.717) is 11.3 Å². The summed E-state index contributed by atoms with van der Waals surface area (Å²) in [5.74, 6) is 0.842. The van der Waals surface area contributed by atoms with Gasteiger partial charge in [0, 0.05) is 30.7 Å². The predicted molar refractivity (Wildman–Crippen MR) is 86.2 cm³/mol. The molecule has 4 N–H and O–H groups in total. The molecule has 1 unspecified atom stereocenters. The number of pyridine rings is 1. The van der Waals surface area contributed by atoms with Crippen LogP contribution >= 0.6 is 0 Å². The summed E-state index contributed by atoms with van der Waals surface area (Å²) in [5.41, 5.74) is 11.9. The zero-order chi connectivity index (χ0) is 15.7. The van der Waals surface area contributed by atoms with Crippen LogP contribution < -0.4 is 21.1 Å². The van der Waals surface area contributed by atoms with Crippen LogP contribution in [0.25, 0.3) is 10.8 Å². The van der Waals surface area contributed by atoms with E-state index in [2.05, 4.69) is 9.88 Å². The van der Waals surface area contributed by atoms with Gasteiger partial charge in [0.05, 0.1) is 12.7 Å². The van der Waals surface area contributed by atoms with Gasteiger partial charge in [-0.15, -0.1) is 0 Å². The number of ether oxygens (including phenoxy) is 1. The second kappa shape index (κ2) is 5.81. The van der Waals surface area contributed by atoms with E-state index in [9.17, 15) is 4.79 Å². The lowest BCUT2D eigenvalue weighted by atomic mass is 10.0. The highest BCUT2D eigenvalue weighted by atomic mass is 16.5. The number of nitrogens with two attached hydrogens (primary N) is 2. The summed E-state index contributed by atoms with van der Waals surface area (Å²) in [6.45, 7) is 1.71. The van der Waals surface area contributed by atoms with Gasteiger partial charge < -0.3 is 21.1 Å². The molecule has 1 atom stereocenters. The van der Waals surface area contributed by atoms with E-state index >= 15 is 0 Å². The molecular formula is C16H20N4O2. The van der Waals surface area contributed by atoms with Crippen molar-refractivity contribution < 1.29 is 9.53 Å². The van der Waals surface area contributed by atoms with Crippen molar-refractivity contribution in [1.82, 2.24) is 4.98 Å². The van der Waals surface area contributed by atoms with Gasteiger partial charge in [0.25, 0.3) is 5.91 Å². The maximum absolute atomic E-state index is 11.6. The lowest BCUT2D eigenvalue weighted by molar-refractivity contribution is 0.0997. The Kier molecular flexibility index (Phi) is 3.85. The van der Waals surface area contributed by atoms with Crippen molar-refractivity contribution in [2.75, 3.05) is 25.1 Å². The Morgan fingerprint density at radius 3 is 2.95 bits per heavy atom. The number of carbonyl (C=O) groups is 1. The Labute approximate surface area is 129 Å². The van der Waals surface area contributed by atoms with Gasteiger partial charge in [-0.05, 0) is 36.4 Å². The molecule has 3 rings (SSSR count). The maximum Gasteiger partial charge on any atom is 0.252 e. The Bertz CT molecular complexity index is 717. The highest BCUT2D eigenvalue weighted by Crippen LogP contribution is 2.32. The highest BCUT2D eigenvalue weighted by molar-refractivity contribution is 6.03. The van der Waals surface area contributed by atoms with Crippen molar-refractivity contribution in [3.05, 3.63) is 30.0 Å². The van der Waals surface area contributed by atoms with Crippen molar-refractivity contribution in [3.8, 4) is 5.75 Å². The molecule has 2 aromatic rings. The summed E-state index contributed by atoms with van der Waals surface area (Å²) in [5, 5.41) is 1.86. The van der Waals surface area contributed by atoms with E-state index in [0.717, 1.165) is 42.5 Å². The molecule has 0 spiro atoms. The first-order valence-corrected chi connectivity index (χ1v) is 7.37. The molecule has 22 heavy (non-hydrogen) atoms. The van der Waals surface area contributed by atoms with E-state index in [4.69, 9.17) is 16.2 Å². The zero-order valence-corrected chi connectivity index (χ0v) is 12.6. The SMILES string of the molecule is COc1cc2c(N3CCCC(N)C3)nccc2cc1C(N)=O. The predicted octanol–water partition coefficient (Wildman–Crippen LogP) is 1.27. The standard InChI is InChI=1S/C16H20N4O2/c1-22-14-8-12-10(7-13(14)15(18)21)4-5-19-16(12)20-6-2-3-11(17)9-20/h4-5,7-8,11H,2-3,6,9,17H2,1H3,(H2,18,21). The molecular weight excluding hydrogens is 280 g/mol. The third-order valence-corrected chi connectivity index (χ3v) is 4.09. The van der Waals surface area contributed by atoms with Crippen LogP contribution in [0.3, 0.4) is 0 Å². The molecule has 6 nitrogen and oxygen atoms in total. The lowest BCUT2D eigenvalue weighted by Crippen LogP contribution is -2.43. The number of anilines is 1. The summed E-state index contributed by atoms with van der Waals surface area (Å²) in [6, 6.07) is 5.62. The molecule has 0 radical (unpaired) electrons. The number of amides is 1. The van der Waals surface area contributed by atoms with E-state index in [1.807, 2.05) is 12.1 Å². The number of aromatic nitrogens is 1. The molecule has 1 fully saturated rings. The van der Waals surface area contributed by atoms with Gasteiger partial charge >= 0.3 is 0 Å². The number of piperidine rings is 1. The number of hydrogen-bond acceptors (Lipinski definition) is 5. The molecule has 0 bridgehead atoms. The highest BCUT2D eigenvalue weighted by Gasteiger charge is 2.21. The number of rotatable bonds is 3. The average Bonchev–Trinajstić information content (AvgIpc) is 2.52. The monoisotopic (exact) mass is 300 g/mol. The zero-order valence-electron chi connectivity index (χ0n) is 12.6. The van der Waals surface area contributed by atoms with Crippen molar-refractivity contribution in [3.63, 3.8) is 0 Å². The number of methoxy groups -OCH3 is 1. The van der Waals surface area contributed by atoms with Gasteiger partial charge in [-0.25, -0.2) is 4.98 Å². The molecule has 1 saturated heterocycles. The first kappa shape index (κ1) is 14.6. The Morgan fingerprint density at radius 2 is 2.27 bits per heavy atom. The van der Waals surface area contributed by atoms with Gasteiger partial charge in [-0.1, -0.05) is 0 Å². The first-order valence-electron chi connectivity index (χ1n) is 7.37. The van der Waals surface area contributed by atoms with Crippen LogP contribution in [-0.2, 0) is 0 Å². The number of benzene rings is 1. The Hall–Kier alpha value is -2.34. The fourth-order valence-corrected chi connectivity index (χ4v) is 3.00. The van der Waals surface area contributed by atoms with Crippen molar-refractivity contribution >= 4 is 22.5 Å². The second-order valence-corrected chi connectivity index (χ2v) is 5.62. The Balaban J connectivity index is 2.13. The van der Waals surface area contributed by atoms with Crippen LogP contribution in [0.1, 0.15) is 23.2 Å². The summed E-state index contributed by atoms with van der Waals surface area (Å²) in [4.78, 5) is 18.3. The van der Waals surface area contributed by atoms with Crippen LogP contribution in [0.4, 0.5) is 5.82 Å². The topological polar surface area (TPSA) is 94.5 Å². The van der Waals surface area contributed by atoms with Crippen LogP contribution in [0.5, 0.6) is 5.75 Å². The molecule has 2 heterocycles. The fraction of sp³-hybridized carbons (Fsp3) is 0.375. The molecule has 0 aliphatic carbocycles. The largest absolute Gasteiger partial charge is 0.496 e. The molecule has 1 amide bonds. The van der Waals surface area contributed by atoms with Crippen molar-refractivity contribution in [2.45, 2.75) is 18.9 Å².